The van der Waals surface area contributed by atoms with Crippen molar-refractivity contribution < 1.29 is 24.1 Å². The number of aromatic nitrogens is 2. The van der Waals surface area contributed by atoms with E-state index in [0.717, 1.165) is 36.1 Å². The largest absolute Gasteiger partial charge is 0.483 e. The Morgan fingerprint density at radius 1 is 1.16 bits per heavy atom. The number of likely N-dealkylation sites (tertiary alicyclic amines) is 1. The molecule has 32 heavy (non-hydrogen) atoms. The van der Waals surface area contributed by atoms with Gasteiger partial charge >= 0.3 is 6.01 Å². The van der Waals surface area contributed by atoms with E-state index >= 15 is 0 Å². The summed E-state index contributed by atoms with van der Waals surface area (Å²) < 4.78 is 16.5. The fourth-order valence-electron chi connectivity index (χ4n) is 5.23. The van der Waals surface area contributed by atoms with E-state index in [1.165, 1.54) is 14.2 Å². The summed E-state index contributed by atoms with van der Waals surface area (Å²) in [6.07, 6.45) is 4.23. The Balaban J connectivity index is 1.53. The molecule has 1 aromatic heterocycles. The maximum Gasteiger partial charge on any atom is 0.319 e. The molecule has 4 rings (SSSR count). The van der Waals surface area contributed by atoms with Gasteiger partial charge in [0, 0.05) is 31.1 Å². The van der Waals surface area contributed by atoms with E-state index in [9.17, 15) is 9.90 Å². The van der Waals surface area contributed by atoms with Gasteiger partial charge in [0.2, 0.25) is 5.88 Å². The van der Waals surface area contributed by atoms with Crippen molar-refractivity contribution in [2.75, 3.05) is 33.9 Å². The molecule has 2 aliphatic rings. The molecule has 0 spiro atoms. The van der Waals surface area contributed by atoms with Crippen LogP contribution in [0.4, 0.5) is 0 Å². The highest BCUT2D eigenvalue weighted by molar-refractivity contribution is 5.78. The highest BCUT2D eigenvalue weighted by Gasteiger charge is 2.54. The quantitative estimate of drug-likeness (QED) is 0.736. The van der Waals surface area contributed by atoms with E-state index in [1.54, 1.807) is 6.20 Å². The third-order valence-corrected chi connectivity index (χ3v) is 6.87. The first kappa shape index (κ1) is 22.3. The van der Waals surface area contributed by atoms with Crippen LogP contribution < -0.4 is 14.2 Å². The van der Waals surface area contributed by atoms with Crippen molar-refractivity contribution in [3.05, 3.63) is 41.1 Å². The Hall–Kier alpha value is -2.87. The minimum atomic E-state index is -1.15. The molecule has 1 aliphatic carbocycles. The topological polar surface area (TPSA) is 94.0 Å². The second-order valence-electron chi connectivity index (χ2n) is 8.74. The molecular weight excluding hydrogens is 410 g/mol. The van der Waals surface area contributed by atoms with Crippen molar-refractivity contribution in [2.45, 2.75) is 38.7 Å². The number of fused-ring (bicyclic) bond motifs is 2. The van der Waals surface area contributed by atoms with Crippen LogP contribution in [0.15, 0.2) is 24.4 Å². The van der Waals surface area contributed by atoms with Gasteiger partial charge in [-0.25, -0.2) is 4.98 Å². The molecule has 1 aliphatic heterocycles. The number of methoxy groups -OCH3 is 2. The summed E-state index contributed by atoms with van der Waals surface area (Å²) in [5, 5.41) is 11.9. The summed E-state index contributed by atoms with van der Waals surface area (Å²) in [7, 11) is 3.01. The molecule has 2 fully saturated rings. The van der Waals surface area contributed by atoms with Crippen LogP contribution in [0.1, 0.15) is 36.0 Å². The van der Waals surface area contributed by atoms with Crippen molar-refractivity contribution in [3.63, 3.8) is 0 Å². The van der Waals surface area contributed by atoms with Crippen LogP contribution >= 0.6 is 0 Å². The normalized spacial score (nSPS) is 24.7. The van der Waals surface area contributed by atoms with E-state index < -0.39 is 5.60 Å². The molecule has 8 heteroatoms. The van der Waals surface area contributed by atoms with Crippen molar-refractivity contribution >= 4 is 5.91 Å². The second kappa shape index (κ2) is 8.94. The zero-order chi connectivity index (χ0) is 22.9. The smallest absolute Gasteiger partial charge is 0.319 e. The first-order valence-electron chi connectivity index (χ1n) is 11.0. The molecule has 1 N–H and O–H groups in total. The molecule has 0 radical (unpaired) electrons. The number of hydrogen-bond donors (Lipinski definition) is 1. The van der Waals surface area contributed by atoms with Crippen molar-refractivity contribution in [3.8, 4) is 17.6 Å². The van der Waals surface area contributed by atoms with Gasteiger partial charge in [-0.05, 0) is 37.8 Å². The first-order valence-corrected chi connectivity index (χ1v) is 11.0. The Morgan fingerprint density at radius 3 is 2.41 bits per heavy atom. The fourth-order valence-corrected chi connectivity index (χ4v) is 5.23. The lowest BCUT2D eigenvalue weighted by atomic mass is 9.63. The molecule has 2 bridgehead atoms. The molecule has 2 unspecified atom stereocenters. The molecule has 2 aromatic rings. The van der Waals surface area contributed by atoms with Gasteiger partial charge in [-0.3, -0.25) is 4.79 Å². The van der Waals surface area contributed by atoms with Gasteiger partial charge in [-0.1, -0.05) is 24.6 Å². The Bertz CT molecular complexity index is 961. The third-order valence-electron chi connectivity index (χ3n) is 6.87. The van der Waals surface area contributed by atoms with Crippen molar-refractivity contribution in [2.24, 2.45) is 11.8 Å². The summed E-state index contributed by atoms with van der Waals surface area (Å²) in [5.74, 6) is 0.740. The number of nitrogens with zero attached hydrogens (tertiary/aromatic N) is 3. The lowest BCUT2D eigenvalue weighted by Gasteiger charge is -2.53. The SMILES string of the molecule is COc1ncc(C2(O)C3CCCC2CN(C(=O)COc2c(C)cccc2C)C3)c(OC)n1. The Morgan fingerprint density at radius 2 is 1.81 bits per heavy atom. The van der Waals surface area contributed by atoms with Gasteiger partial charge in [0.05, 0.1) is 19.8 Å². The Labute approximate surface area is 188 Å². The number of amides is 1. The van der Waals surface area contributed by atoms with E-state index in [-0.39, 0.29) is 30.4 Å². The zero-order valence-corrected chi connectivity index (χ0v) is 19.1. The van der Waals surface area contributed by atoms with Gasteiger partial charge in [0.15, 0.2) is 6.61 Å². The lowest BCUT2D eigenvalue weighted by molar-refractivity contribution is -0.165. The number of rotatable bonds is 6. The molecule has 1 amide bonds. The highest BCUT2D eigenvalue weighted by atomic mass is 16.5. The molecule has 172 valence electrons. The average Bonchev–Trinajstić information content (AvgIpc) is 2.77. The van der Waals surface area contributed by atoms with Crippen LogP contribution in [0, 0.1) is 25.7 Å². The number of para-hydroxylation sites is 1. The van der Waals surface area contributed by atoms with E-state index in [2.05, 4.69) is 9.97 Å². The molecule has 1 saturated heterocycles. The van der Waals surface area contributed by atoms with Gasteiger partial charge in [-0.2, -0.15) is 4.98 Å². The van der Waals surface area contributed by atoms with Gasteiger partial charge in [-0.15, -0.1) is 0 Å². The lowest BCUT2D eigenvalue weighted by Crippen LogP contribution is -2.60. The maximum absolute atomic E-state index is 13.0. The fraction of sp³-hybridized carbons (Fsp3) is 0.542. The molecule has 1 saturated carbocycles. The van der Waals surface area contributed by atoms with E-state index in [0.29, 0.717) is 24.5 Å². The van der Waals surface area contributed by atoms with Crippen molar-refractivity contribution in [1.29, 1.82) is 0 Å². The van der Waals surface area contributed by atoms with E-state index in [1.807, 2.05) is 36.9 Å². The number of benzene rings is 1. The summed E-state index contributed by atoms with van der Waals surface area (Å²) in [5.41, 5.74) is 1.43. The molecular formula is C24H31N3O5. The second-order valence-corrected chi connectivity index (χ2v) is 8.74. The summed E-state index contributed by atoms with van der Waals surface area (Å²) in [6, 6.07) is 6.12. The van der Waals surface area contributed by atoms with Gasteiger partial charge in [0.25, 0.3) is 5.91 Å². The number of hydrogen-bond acceptors (Lipinski definition) is 7. The van der Waals surface area contributed by atoms with Crippen LogP contribution in [0.5, 0.6) is 17.6 Å². The molecule has 2 atom stereocenters. The van der Waals surface area contributed by atoms with Crippen molar-refractivity contribution in [1.82, 2.24) is 14.9 Å². The predicted molar refractivity (Wildman–Crippen MR) is 118 cm³/mol. The molecule has 1 aromatic carbocycles. The first-order chi connectivity index (χ1) is 15.4. The Kier molecular flexibility index (Phi) is 6.24. The number of carbonyl (C=O) groups is 1. The summed E-state index contributed by atoms with van der Waals surface area (Å²) in [4.78, 5) is 23.3. The minimum absolute atomic E-state index is 0.0153. The maximum atomic E-state index is 13.0. The summed E-state index contributed by atoms with van der Waals surface area (Å²) in [6.45, 7) is 4.85. The van der Waals surface area contributed by atoms with Gasteiger partial charge < -0.3 is 24.2 Å². The predicted octanol–water partition coefficient (Wildman–Crippen LogP) is 2.64. The summed E-state index contributed by atoms with van der Waals surface area (Å²) >= 11 is 0. The van der Waals surface area contributed by atoms with Crippen LogP contribution in [-0.2, 0) is 10.4 Å². The van der Waals surface area contributed by atoms with Crippen LogP contribution in [0.3, 0.4) is 0 Å². The third kappa shape index (κ3) is 3.88. The van der Waals surface area contributed by atoms with Gasteiger partial charge in [0.1, 0.15) is 11.4 Å². The number of aryl methyl sites for hydroxylation is 2. The molecule has 2 heterocycles. The number of carbonyl (C=O) groups excluding carboxylic acids is 1. The van der Waals surface area contributed by atoms with Crippen LogP contribution in [0.25, 0.3) is 0 Å². The molecule has 8 nitrogen and oxygen atoms in total. The average molecular weight is 442 g/mol. The highest BCUT2D eigenvalue weighted by Crippen LogP contribution is 2.51. The van der Waals surface area contributed by atoms with E-state index in [4.69, 9.17) is 14.2 Å². The monoisotopic (exact) mass is 441 g/mol. The number of ether oxygens (including phenoxy) is 3. The zero-order valence-electron chi connectivity index (χ0n) is 19.1. The van der Waals surface area contributed by atoms with Crippen LogP contribution in [-0.4, -0.2) is 59.8 Å². The standard InChI is InChI=1S/C24H31N3O5/c1-15-7-5-8-16(2)21(15)32-14-20(28)27-12-17-9-6-10-18(13-27)24(17,29)19-11-25-23(31-4)26-22(19)30-3/h5,7-8,11,17-18,29H,6,9-10,12-14H2,1-4H3. The number of piperidine rings is 1. The minimum Gasteiger partial charge on any atom is -0.483 e. The number of aliphatic hydroxyl groups is 1. The van der Waals surface area contributed by atoms with Crippen LogP contribution in [0.2, 0.25) is 0 Å².